The smallest absolute Gasteiger partial charge is 0.361 e. The van der Waals surface area contributed by atoms with Crippen LogP contribution in [0.2, 0.25) is 0 Å². The SMILES string of the molecule is CCOC(=O)c1ncoc1C(=O)c1ccccc1. The molecular weight excluding hydrogens is 234 g/mol. The van der Waals surface area contributed by atoms with Crippen LogP contribution < -0.4 is 0 Å². The van der Waals surface area contributed by atoms with Gasteiger partial charge in [-0.2, -0.15) is 0 Å². The van der Waals surface area contributed by atoms with Crippen molar-refractivity contribution in [3.05, 3.63) is 53.7 Å². The zero-order chi connectivity index (χ0) is 13.0. The number of ketones is 1. The van der Waals surface area contributed by atoms with E-state index in [2.05, 4.69) is 4.98 Å². The Morgan fingerprint density at radius 3 is 2.67 bits per heavy atom. The normalized spacial score (nSPS) is 10.1. The Labute approximate surface area is 103 Å². The number of carbonyl (C=O) groups excluding carboxylic acids is 2. The van der Waals surface area contributed by atoms with E-state index in [-0.39, 0.29) is 18.1 Å². The number of oxazole rings is 1. The van der Waals surface area contributed by atoms with Crippen molar-refractivity contribution < 1.29 is 18.7 Å². The summed E-state index contributed by atoms with van der Waals surface area (Å²) in [4.78, 5) is 27.4. The van der Waals surface area contributed by atoms with Crippen LogP contribution in [0.5, 0.6) is 0 Å². The summed E-state index contributed by atoms with van der Waals surface area (Å²) in [7, 11) is 0. The first kappa shape index (κ1) is 12.0. The lowest BCUT2D eigenvalue weighted by molar-refractivity contribution is 0.0515. The minimum absolute atomic E-state index is 0.0919. The Kier molecular flexibility index (Phi) is 3.52. The van der Waals surface area contributed by atoms with Gasteiger partial charge >= 0.3 is 5.97 Å². The molecule has 0 unspecified atom stereocenters. The molecule has 0 spiro atoms. The summed E-state index contributed by atoms with van der Waals surface area (Å²) in [6, 6.07) is 8.53. The van der Waals surface area contributed by atoms with Gasteiger partial charge in [-0.05, 0) is 6.92 Å². The van der Waals surface area contributed by atoms with E-state index in [0.29, 0.717) is 5.56 Å². The molecule has 18 heavy (non-hydrogen) atoms. The lowest BCUT2D eigenvalue weighted by Crippen LogP contribution is -2.11. The van der Waals surface area contributed by atoms with Crippen LogP contribution in [-0.4, -0.2) is 23.3 Å². The van der Waals surface area contributed by atoms with Crippen molar-refractivity contribution in [3.8, 4) is 0 Å². The highest BCUT2D eigenvalue weighted by Gasteiger charge is 2.24. The molecule has 5 nitrogen and oxygen atoms in total. The van der Waals surface area contributed by atoms with Crippen LogP contribution in [0.25, 0.3) is 0 Å². The van der Waals surface area contributed by atoms with E-state index >= 15 is 0 Å². The molecule has 1 aromatic heterocycles. The minimum atomic E-state index is -0.662. The molecule has 92 valence electrons. The molecule has 0 saturated carbocycles. The number of rotatable bonds is 4. The molecule has 2 rings (SSSR count). The van der Waals surface area contributed by atoms with Crippen molar-refractivity contribution in [1.29, 1.82) is 0 Å². The fourth-order valence-corrected chi connectivity index (χ4v) is 1.47. The Morgan fingerprint density at radius 2 is 2.00 bits per heavy atom. The second-order valence-electron chi connectivity index (χ2n) is 3.45. The number of aromatic nitrogens is 1. The molecule has 0 atom stereocenters. The summed E-state index contributed by atoms with van der Waals surface area (Å²) in [6.07, 6.45) is 1.06. The van der Waals surface area contributed by atoms with Gasteiger partial charge in [0.05, 0.1) is 6.61 Å². The number of benzene rings is 1. The number of ether oxygens (including phenoxy) is 1. The molecule has 2 aromatic rings. The van der Waals surface area contributed by atoms with Crippen molar-refractivity contribution in [2.45, 2.75) is 6.92 Å². The highest BCUT2D eigenvalue weighted by molar-refractivity contribution is 6.11. The Hall–Kier alpha value is -2.43. The van der Waals surface area contributed by atoms with Crippen molar-refractivity contribution in [3.63, 3.8) is 0 Å². The van der Waals surface area contributed by atoms with Gasteiger partial charge in [0.15, 0.2) is 12.1 Å². The van der Waals surface area contributed by atoms with Gasteiger partial charge in [0.2, 0.25) is 11.5 Å². The van der Waals surface area contributed by atoms with Gasteiger partial charge in [-0.3, -0.25) is 4.79 Å². The van der Waals surface area contributed by atoms with Crippen molar-refractivity contribution in [1.82, 2.24) is 4.98 Å². The summed E-state index contributed by atoms with van der Waals surface area (Å²) < 4.78 is 9.79. The molecule has 0 aliphatic carbocycles. The van der Waals surface area contributed by atoms with Gasteiger partial charge in [0.25, 0.3) is 0 Å². The molecule has 1 aromatic carbocycles. The quantitative estimate of drug-likeness (QED) is 0.609. The number of hydrogen-bond donors (Lipinski definition) is 0. The molecule has 0 aliphatic heterocycles. The number of nitrogens with zero attached hydrogens (tertiary/aromatic N) is 1. The molecule has 0 saturated heterocycles. The second-order valence-corrected chi connectivity index (χ2v) is 3.45. The summed E-state index contributed by atoms with van der Waals surface area (Å²) in [5.41, 5.74) is 0.338. The maximum atomic E-state index is 12.1. The van der Waals surface area contributed by atoms with Gasteiger partial charge in [-0.15, -0.1) is 0 Å². The zero-order valence-electron chi connectivity index (χ0n) is 9.75. The molecule has 0 amide bonds. The molecule has 5 heteroatoms. The van der Waals surface area contributed by atoms with Crippen molar-refractivity contribution in [2.75, 3.05) is 6.61 Å². The third-order valence-corrected chi connectivity index (χ3v) is 2.28. The maximum Gasteiger partial charge on any atom is 0.361 e. The van der Waals surface area contributed by atoms with E-state index in [1.807, 2.05) is 0 Å². The minimum Gasteiger partial charge on any atom is -0.461 e. The lowest BCUT2D eigenvalue weighted by atomic mass is 10.1. The highest BCUT2D eigenvalue weighted by Crippen LogP contribution is 2.14. The average molecular weight is 245 g/mol. The summed E-state index contributed by atoms with van der Waals surface area (Å²) in [5.74, 6) is -1.15. The Bertz CT molecular complexity index is 559. The van der Waals surface area contributed by atoms with Crippen LogP contribution in [0.4, 0.5) is 0 Å². The van der Waals surface area contributed by atoms with Crippen molar-refractivity contribution >= 4 is 11.8 Å². The predicted molar refractivity (Wildman–Crippen MR) is 62.3 cm³/mol. The lowest BCUT2D eigenvalue weighted by Gasteiger charge is -2.00. The molecular formula is C13H11NO4. The van der Waals surface area contributed by atoms with Crippen LogP contribution in [0.1, 0.15) is 33.5 Å². The fourth-order valence-electron chi connectivity index (χ4n) is 1.47. The number of esters is 1. The van der Waals surface area contributed by atoms with Crippen LogP contribution in [-0.2, 0) is 4.74 Å². The van der Waals surface area contributed by atoms with E-state index in [9.17, 15) is 9.59 Å². The largest absolute Gasteiger partial charge is 0.461 e. The molecule has 0 N–H and O–H groups in total. The predicted octanol–water partition coefficient (Wildman–Crippen LogP) is 2.08. The molecule has 1 heterocycles. The monoisotopic (exact) mass is 245 g/mol. The van der Waals surface area contributed by atoms with E-state index in [1.165, 1.54) is 0 Å². The van der Waals surface area contributed by atoms with Crippen molar-refractivity contribution in [2.24, 2.45) is 0 Å². The molecule has 0 fully saturated rings. The van der Waals surface area contributed by atoms with Gasteiger partial charge in [-0.25, -0.2) is 9.78 Å². The maximum absolute atomic E-state index is 12.1. The third-order valence-electron chi connectivity index (χ3n) is 2.28. The summed E-state index contributed by atoms with van der Waals surface area (Å²) >= 11 is 0. The van der Waals surface area contributed by atoms with Gasteiger partial charge in [0.1, 0.15) is 0 Å². The first-order valence-electron chi connectivity index (χ1n) is 5.44. The van der Waals surface area contributed by atoms with E-state index in [0.717, 1.165) is 6.39 Å². The molecule has 0 radical (unpaired) electrons. The highest BCUT2D eigenvalue weighted by atomic mass is 16.5. The van der Waals surface area contributed by atoms with Crippen LogP contribution in [0, 0.1) is 0 Å². The van der Waals surface area contributed by atoms with Gasteiger partial charge in [0, 0.05) is 5.56 Å². The fraction of sp³-hybridized carbons (Fsp3) is 0.154. The Morgan fingerprint density at radius 1 is 1.28 bits per heavy atom. The van der Waals surface area contributed by atoms with Crippen LogP contribution >= 0.6 is 0 Å². The van der Waals surface area contributed by atoms with E-state index in [4.69, 9.17) is 9.15 Å². The van der Waals surface area contributed by atoms with E-state index in [1.54, 1.807) is 37.3 Å². The average Bonchev–Trinajstić information content (AvgIpc) is 2.88. The zero-order valence-corrected chi connectivity index (χ0v) is 9.75. The van der Waals surface area contributed by atoms with Crippen LogP contribution in [0.15, 0.2) is 41.1 Å². The standard InChI is InChI=1S/C13H11NO4/c1-2-17-13(16)10-12(18-8-14-10)11(15)9-6-4-3-5-7-9/h3-8H,2H2,1H3. The third kappa shape index (κ3) is 2.29. The topological polar surface area (TPSA) is 69.4 Å². The first-order valence-corrected chi connectivity index (χ1v) is 5.44. The second kappa shape index (κ2) is 5.27. The number of carbonyl (C=O) groups is 2. The van der Waals surface area contributed by atoms with Gasteiger partial charge in [-0.1, -0.05) is 30.3 Å². The first-order chi connectivity index (χ1) is 8.74. The molecule has 0 bridgehead atoms. The van der Waals surface area contributed by atoms with Crippen LogP contribution in [0.3, 0.4) is 0 Å². The summed E-state index contributed by atoms with van der Waals surface area (Å²) in [5, 5.41) is 0. The Balaban J connectivity index is 2.32. The number of hydrogen-bond acceptors (Lipinski definition) is 5. The summed E-state index contributed by atoms with van der Waals surface area (Å²) in [6.45, 7) is 1.89. The molecule has 0 aliphatic rings. The van der Waals surface area contributed by atoms with E-state index < -0.39 is 11.8 Å². The van der Waals surface area contributed by atoms with Gasteiger partial charge < -0.3 is 9.15 Å².